The average Bonchev–Trinajstić information content (AvgIpc) is 2.32. The minimum Gasteiger partial charge on any atom is -0.478 e. The van der Waals surface area contributed by atoms with Crippen molar-refractivity contribution in [2.45, 2.75) is 26.2 Å². The molecule has 0 fully saturated rings. The molecule has 0 aliphatic rings. The van der Waals surface area contributed by atoms with Gasteiger partial charge in [-0.2, -0.15) is 0 Å². The summed E-state index contributed by atoms with van der Waals surface area (Å²) in [6.07, 6.45) is 1.94. The van der Waals surface area contributed by atoms with Crippen LogP contribution in [-0.2, 0) is 4.79 Å². The van der Waals surface area contributed by atoms with Crippen LogP contribution in [-0.4, -0.2) is 23.5 Å². The summed E-state index contributed by atoms with van der Waals surface area (Å²) in [5.41, 5.74) is 6.90. The van der Waals surface area contributed by atoms with E-state index >= 15 is 0 Å². The van der Waals surface area contributed by atoms with E-state index in [1.165, 1.54) is 12.1 Å². The van der Waals surface area contributed by atoms with Crippen LogP contribution in [0.2, 0.25) is 0 Å². The molecular weight excluding hydrogens is 232 g/mol. The summed E-state index contributed by atoms with van der Waals surface area (Å²) in [5, 5.41) is 11.6. The summed E-state index contributed by atoms with van der Waals surface area (Å²) >= 11 is 0. The van der Waals surface area contributed by atoms with Gasteiger partial charge in [-0.25, -0.2) is 4.79 Å². The molecule has 0 aliphatic carbocycles. The number of nitrogens with two attached hydrogens (primary N) is 1. The highest BCUT2D eigenvalue weighted by Crippen LogP contribution is 2.17. The van der Waals surface area contributed by atoms with E-state index in [4.69, 9.17) is 10.8 Å². The number of carbonyl (C=O) groups is 2. The van der Waals surface area contributed by atoms with Gasteiger partial charge >= 0.3 is 5.97 Å². The van der Waals surface area contributed by atoms with E-state index in [0.29, 0.717) is 18.7 Å². The highest BCUT2D eigenvalue weighted by atomic mass is 16.4. The van der Waals surface area contributed by atoms with Crippen molar-refractivity contribution in [1.29, 1.82) is 0 Å². The van der Waals surface area contributed by atoms with Crippen LogP contribution >= 0.6 is 0 Å². The Morgan fingerprint density at radius 3 is 2.67 bits per heavy atom. The first-order valence-corrected chi connectivity index (χ1v) is 5.88. The van der Waals surface area contributed by atoms with Crippen molar-refractivity contribution in [3.8, 4) is 0 Å². The second-order valence-corrected chi connectivity index (χ2v) is 4.13. The Morgan fingerprint density at radius 1 is 1.33 bits per heavy atom. The van der Waals surface area contributed by atoms with Crippen LogP contribution in [0.25, 0.3) is 0 Å². The predicted molar refractivity (Wildman–Crippen MR) is 69.7 cm³/mol. The van der Waals surface area contributed by atoms with E-state index in [1.807, 2.05) is 6.92 Å². The Bertz CT molecular complexity index is 444. The first-order chi connectivity index (χ1) is 8.54. The molecule has 0 aliphatic heterocycles. The summed E-state index contributed by atoms with van der Waals surface area (Å²) in [7, 11) is 0. The maximum absolute atomic E-state index is 11.6. The number of nitrogens with one attached hydrogen (secondary N) is 1. The molecule has 98 valence electrons. The fourth-order valence-electron chi connectivity index (χ4n) is 1.53. The highest BCUT2D eigenvalue weighted by Gasteiger charge is 2.08. The van der Waals surface area contributed by atoms with Crippen LogP contribution < -0.4 is 11.1 Å². The summed E-state index contributed by atoms with van der Waals surface area (Å²) in [4.78, 5) is 22.5. The quantitative estimate of drug-likeness (QED) is 0.671. The standard InChI is InChI=1S/C13H18N2O3/c1-9-5-6-10(13(17)18)8-11(9)15-12(16)4-2-3-7-14/h5-6,8H,2-4,7,14H2,1H3,(H,15,16)(H,17,18). The number of aromatic carboxylic acids is 1. The van der Waals surface area contributed by atoms with E-state index in [-0.39, 0.29) is 11.5 Å². The lowest BCUT2D eigenvalue weighted by Gasteiger charge is -2.09. The minimum atomic E-state index is -1.01. The molecule has 4 N–H and O–H groups in total. The van der Waals surface area contributed by atoms with Crippen molar-refractivity contribution in [1.82, 2.24) is 0 Å². The van der Waals surface area contributed by atoms with E-state index in [1.54, 1.807) is 6.07 Å². The molecule has 1 aromatic carbocycles. The van der Waals surface area contributed by atoms with Crippen LogP contribution in [0, 0.1) is 6.92 Å². The molecule has 0 bridgehead atoms. The molecule has 0 unspecified atom stereocenters. The lowest BCUT2D eigenvalue weighted by Crippen LogP contribution is -2.13. The van der Waals surface area contributed by atoms with E-state index in [9.17, 15) is 9.59 Å². The maximum Gasteiger partial charge on any atom is 0.335 e. The zero-order valence-electron chi connectivity index (χ0n) is 10.4. The Morgan fingerprint density at radius 2 is 2.06 bits per heavy atom. The van der Waals surface area contributed by atoms with Gasteiger partial charge in [0.05, 0.1) is 5.56 Å². The number of hydrogen-bond donors (Lipinski definition) is 3. The van der Waals surface area contributed by atoms with Crippen LogP contribution in [0.4, 0.5) is 5.69 Å². The number of rotatable bonds is 6. The molecule has 1 rings (SSSR count). The number of amides is 1. The Hall–Kier alpha value is -1.88. The maximum atomic E-state index is 11.6. The van der Waals surface area contributed by atoms with Gasteiger partial charge < -0.3 is 16.2 Å². The average molecular weight is 250 g/mol. The number of hydrogen-bond acceptors (Lipinski definition) is 3. The summed E-state index contributed by atoms with van der Waals surface area (Å²) < 4.78 is 0. The van der Waals surface area contributed by atoms with Crippen molar-refractivity contribution >= 4 is 17.6 Å². The van der Waals surface area contributed by atoms with Crippen LogP contribution in [0.3, 0.4) is 0 Å². The van der Waals surface area contributed by atoms with E-state index < -0.39 is 5.97 Å². The second kappa shape index (κ2) is 6.76. The Balaban J connectivity index is 2.68. The van der Waals surface area contributed by atoms with Gasteiger partial charge in [-0.15, -0.1) is 0 Å². The third-order valence-corrected chi connectivity index (χ3v) is 2.62. The molecule has 0 aromatic heterocycles. The molecule has 0 saturated heterocycles. The van der Waals surface area contributed by atoms with Gasteiger partial charge in [0.2, 0.25) is 5.91 Å². The van der Waals surface area contributed by atoms with Gasteiger partial charge in [-0.3, -0.25) is 4.79 Å². The smallest absolute Gasteiger partial charge is 0.335 e. The lowest BCUT2D eigenvalue weighted by molar-refractivity contribution is -0.116. The number of aryl methyl sites for hydroxylation is 1. The van der Waals surface area contributed by atoms with Crippen molar-refractivity contribution in [2.24, 2.45) is 5.73 Å². The van der Waals surface area contributed by atoms with Gasteiger partial charge in [0, 0.05) is 12.1 Å². The molecule has 0 atom stereocenters. The molecule has 1 amide bonds. The molecule has 0 radical (unpaired) electrons. The van der Waals surface area contributed by atoms with Gasteiger partial charge in [-0.05, 0) is 44.0 Å². The molecule has 5 heteroatoms. The number of anilines is 1. The van der Waals surface area contributed by atoms with Gasteiger partial charge in [-0.1, -0.05) is 6.07 Å². The van der Waals surface area contributed by atoms with Crippen molar-refractivity contribution in [2.75, 3.05) is 11.9 Å². The van der Waals surface area contributed by atoms with Gasteiger partial charge in [0.1, 0.15) is 0 Å². The normalized spacial score (nSPS) is 10.1. The number of unbranched alkanes of at least 4 members (excludes halogenated alkanes) is 1. The number of carboxylic acids is 1. The summed E-state index contributed by atoms with van der Waals surface area (Å²) in [6, 6.07) is 4.67. The zero-order chi connectivity index (χ0) is 13.5. The molecule has 0 saturated carbocycles. The zero-order valence-corrected chi connectivity index (χ0v) is 10.4. The van der Waals surface area contributed by atoms with Crippen molar-refractivity contribution < 1.29 is 14.7 Å². The lowest BCUT2D eigenvalue weighted by atomic mass is 10.1. The number of carbonyl (C=O) groups excluding carboxylic acids is 1. The third kappa shape index (κ3) is 4.18. The van der Waals surface area contributed by atoms with Crippen molar-refractivity contribution in [3.05, 3.63) is 29.3 Å². The largest absolute Gasteiger partial charge is 0.478 e. The Labute approximate surface area is 106 Å². The first-order valence-electron chi connectivity index (χ1n) is 5.88. The third-order valence-electron chi connectivity index (χ3n) is 2.62. The van der Waals surface area contributed by atoms with Gasteiger partial charge in [0.25, 0.3) is 0 Å². The van der Waals surface area contributed by atoms with Crippen LogP contribution in [0.5, 0.6) is 0 Å². The molecule has 0 heterocycles. The first kappa shape index (κ1) is 14.2. The summed E-state index contributed by atoms with van der Waals surface area (Å²) in [5.74, 6) is -1.12. The van der Waals surface area contributed by atoms with Gasteiger partial charge in [0.15, 0.2) is 0 Å². The highest BCUT2D eigenvalue weighted by molar-refractivity contribution is 5.94. The SMILES string of the molecule is Cc1ccc(C(=O)O)cc1NC(=O)CCCCN. The predicted octanol–water partition coefficient (Wildman–Crippen LogP) is 1.76. The molecule has 5 nitrogen and oxygen atoms in total. The van der Waals surface area contributed by atoms with Crippen molar-refractivity contribution in [3.63, 3.8) is 0 Å². The molecule has 0 spiro atoms. The van der Waals surface area contributed by atoms with Crippen LogP contribution in [0.1, 0.15) is 35.2 Å². The summed E-state index contributed by atoms with van der Waals surface area (Å²) in [6.45, 7) is 2.39. The second-order valence-electron chi connectivity index (χ2n) is 4.13. The molecule has 1 aromatic rings. The topological polar surface area (TPSA) is 92.4 Å². The number of benzene rings is 1. The van der Waals surface area contributed by atoms with E-state index in [0.717, 1.165) is 18.4 Å². The molecule has 18 heavy (non-hydrogen) atoms. The number of carboxylic acid groups (broad SMARTS) is 1. The fraction of sp³-hybridized carbons (Fsp3) is 0.385. The van der Waals surface area contributed by atoms with Crippen LogP contribution in [0.15, 0.2) is 18.2 Å². The van der Waals surface area contributed by atoms with E-state index in [2.05, 4.69) is 5.32 Å². The molecular formula is C13H18N2O3. The minimum absolute atomic E-state index is 0.117. The monoisotopic (exact) mass is 250 g/mol. The fourth-order valence-corrected chi connectivity index (χ4v) is 1.53. The Kier molecular flexibility index (Phi) is 5.32.